The molecule has 1 amide bonds. The van der Waals surface area contributed by atoms with E-state index in [1.165, 1.54) is 18.7 Å². The number of benzene rings is 1. The molecular weight excluding hydrogens is 458 g/mol. The van der Waals surface area contributed by atoms with Crippen LogP contribution in [0, 0.1) is 0 Å². The Labute approximate surface area is 188 Å². The highest BCUT2D eigenvalue weighted by molar-refractivity contribution is 8.18. The van der Waals surface area contributed by atoms with E-state index in [-0.39, 0.29) is 10.9 Å². The first-order valence-corrected chi connectivity index (χ1v) is 11.9. The highest BCUT2D eigenvalue weighted by Crippen LogP contribution is 2.43. The van der Waals surface area contributed by atoms with Gasteiger partial charge in [0.15, 0.2) is 11.9 Å². The highest BCUT2D eigenvalue weighted by Gasteiger charge is 2.46. The maximum atomic E-state index is 12.1. The summed E-state index contributed by atoms with van der Waals surface area (Å²) in [5.41, 5.74) is 0.0256. The third kappa shape index (κ3) is 4.14. The molecule has 1 aromatic carbocycles. The summed E-state index contributed by atoms with van der Waals surface area (Å²) in [7, 11) is -4.36. The predicted molar refractivity (Wildman–Crippen MR) is 118 cm³/mol. The topological polar surface area (TPSA) is 173 Å². The summed E-state index contributed by atoms with van der Waals surface area (Å²) in [5.74, 6) is -0.678. The quantitative estimate of drug-likeness (QED) is 0.316. The number of aliphatic imine (C=N–C) groups is 1. The van der Waals surface area contributed by atoms with Crippen molar-refractivity contribution in [3.8, 4) is 0 Å². The van der Waals surface area contributed by atoms with Crippen LogP contribution in [0.5, 0.6) is 0 Å². The minimum atomic E-state index is -4.36. The minimum absolute atomic E-state index is 0.0841. The van der Waals surface area contributed by atoms with Gasteiger partial charge in [0, 0.05) is 10.5 Å². The molecule has 1 aromatic rings. The predicted octanol–water partition coefficient (Wildman–Crippen LogP) is 1.15. The Morgan fingerprint density at radius 1 is 1.25 bits per heavy atom. The molecule has 1 aliphatic carbocycles. The van der Waals surface area contributed by atoms with Crippen molar-refractivity contribution in [3.63, 3.8) is 0 Å². The van der Waals surface area contributed by atoms with Crippen molar-refractivity contribution in [1.82, 2.24) is 10.6 Å². The fraction of sp³-hybridized carbons (Fsp3) is 0.368. The second-order valence-electron chi connectivity index (χ2n) is 7.68. The van der Waals surface area contributed by atoms with Crippen LogP contribution in [0.3, 0.4) is 0 Å². The maximum absolute atomic E-state index is 12.1. The molecule has 0 aromatic heterocycles. The fourth-order valence-electron chi connectivity index (χ4n) is 3.48. The van der Waals surface area contributed by atoms with Gasteiger partial charge in [-0.15, -0.1) is 0 Å². The van der Waals surface area contributed by atoms with Crippen LogP contribution in [-0.2, 0) is 14.9 Å². The van der Waals surface area contributed by atoms with Gasteiger partial charge in [-0.2, -0.15) is 18.6 Å². The van der Waals surface area contributed by atoms with E-state index in [9.17, 15) is 28.0 Å². The van der Waals surface area contributed by atoms with Crippen molar-refractivity contribution in [2.24, 2.45) is 15.2 Å². The number of allylic oxidation sites excluding steroid dienone is 1. The van der Waals surface area contributed by atoms with Crippen LogP contribution in [-0.4, -0.2) is 58.3 Å². The molecule has 1 fully saturated rings. The van der Waals surface area contributed by atoms with Crippen LogP contribution >= 0.6 is 11.8 Å². The van der Waals surface area contributed by atoms with Gasteiger partial charge in [-0.1, -0.05) is 30.0 Å². The Hall–Kier alpha value is -2.42. The number of aliphatic hydroxyl groups excluding tert-OH is 2. The number of nitrogens with zero attached hydrogens (tertiary/aromatic N) is 3. The highest BCUT2D eigenvalue weighted by atomic mass is 32.2. The Morgan fingerprint density at radius 2 is 1.94 bits per heavy atom. The average Bonchev–Trinajstić information content (AvgIpc) is 3.13. The molecule has 32 heavy (non-hydrogen) atoms. The first-order chi connectivity index (χ1) is 15.0. The van der Waals surface area contributed by atoms with Gasteiger partial charge in [-0.25, -0.2) is 5.32 Å². The lowest BCUT2D eigenvalue weighted by Gasteiger charge is -2.36. The molecule has 0 spiro atoms. The van der Waals surface area contributed by atoms with Crippen molar-refractivity contribution in [3.05, 3.63) is 51.3 Å². The van der Waals surface area contributed by atoms with Gasteiger partial charge in [-0.05, 0) is 38.0 Å². The van der Waals surface area contributed by atoms with Crippen LogP contribution in [0.15, 0.2) is 60.9 Å². The molecule has 11 nitrogen and oxygen atoms in total. The van der Waals surface area contributed by atoms with Gasteiger partial charge in [0.1, 0.15) is 16.2 Å². The van der Waals surface area contributed by atoms with E-state index < -0.39 is 34.1 Å². The molecule has 0 bridgehead atoms. The first-order valence-electron chi connectivity index (χ1n) is 9.60. The van der Waals surface area contributed by atoms with Gasteiger partial charge in [-0.3, -0.25) is 14.3 Å². The van der Waals surface area contributed by atoms with Crippen LogP contribution < -0.4 is 10.6 Å². The monoisotopic (exact) mass is 479 g/mol. The number of rotatable bonds is 4. The van der Waals surface area contributed by atoms with Gasteiger partial charge in [0.05, 0.1) is 11.7 Å². The summed E-state index contributed by atoms with van der Waals surface area (Å²) >= 11 is 1.21. The normalized spacial score (nSPS) is 30.8. The molecule has 0 radical (unpaired) electrons. The zero-order valence-electron chi connectivity index (χ0n) is 17.1. The third-order valence-corrected chi connectivity index (χ3v) is 7.75. The zero-order chi connectivity index (χ0) is 23.3. The number of hydrogen-bond donors (Lipinski definition) is 5. The van der Waals surface area contributed by atoms with E-state index in [1.807, 2.05) is 0 Å². The molecule has 4 unspecified atom stereocenters. The smallest absolute Gasteiger partial charge is 0.295 e. The van der Waals surface area contributed by atoms with Gasteiger partial charge < -0.3 is 15.5 Å². The van der Waals surface area contributed by atoms with E-state index in [4.69, 9.17) is 0 Å². The molecule has 2 aliphatic heterocycles. The molecule has 2 heterocycles. The van der Waals surface area contributed by atoms with Crippen molar-refractivity contribution >= 4 is 38.5 Å². The van der Waals surface area contributed by atoms with E-state index in [0.29, 0.717) is 27.6 Å². The summed E-state index contributed by atoms with van der Waals surface area (Å²) in [5, 5.41) is 32.7. The number of carbonyl (C=O) groups excluding carboxylic acids is 1. The summed E-state index contributed by atoms with van der Waals surface area (Å²) in [6.45, 7) is 3.02. The van der Waals surface area contributed by atoms with E-state index in [0.717, 1.165) is 5.56 Å². The van der Waals surface area contributed by atoms with Crippen LogP contribution in [0.2, 0.25) is 0 Å². The number of aliphatic hydroxyl groups is 2. The number of hydrogen-bond acceptors (Lipinski definition) is 10. The molecule has 4 atom stereocenters. The molecule has 170 valence electrons. The molecule has 1 saturated heterocycles. The van der Waals surface area contributed by atoms with Crippen molar-refractivity contribution < 1.29 is 28.0 Å². The number of azo groups is 1. The lowest BCUT2D eigenvalue weighted by Crippen LogP contribution is -2.68. The molecule has 4 rings (SSSR count). The molecule has 5 N–H and O–H groups in total. The van der Waals surface area contributed by atoms with Gasteiger partial charge >= 0.3 is 0 Å². The zero-order valence-corrected chi connectivity index (χ0v) is 18.7. The van der Waals surface area contributed by atoms with Crippen molar-refractivity contribution in [1.29, 1.82) is 0 Å². The van der Waals surface area contributed by atoms with E-state index >= 15 is 0 Å². The Balaban J connectivity index is 1.54. The van der Waals surface area contributed by atoms with E-state index in [2.05, 4.69) is 25.9 Å². The first kappa shape index (κ1) is 22.8. The summed E-state index contributed by atoms with van der Waals surface area (Å²) in [4.78, 5) is 17.1. The number of thioether (sulfide) groups is 1. The average molecular weight is 480 g/mol. The van der Waals surface area contributed by atoms with Gasteiger partial charge in [0.25, 0.3) is 16.0 Å². The molecule has 13 heteroatoms. The van der Waals surface area contributed by atoms with Gasteiger partial charge in [0.2, 0.25) is 0 Å². The molecule has 0 saturated carbocycles. The number of fused-ring (bicyclic) bond motifs is 1. The maximum Gasteiger partial charge on any atom is 0.295 e. The van der Waals surface area contributed by atoms with Crippen LogP contribution in [0.4, 0.5) is 5.69 Å². The van der Waals surface area contributed by atoms with Crippen molar-refractivity contribution in [2.45, 2.75) is 44.4 Å². The Bertz CT molecular complexity index is 1190. The summed E-state index contributed by atoms with van der Waals surface area (Å²) in [6, 6.07) is 6.39. The SMILES string of the molecule is CC1=CCC2N=C(c3ccc(N=NC4(C)C(=O)NC(O)NC4O)cc3)SC2=C1S(=O)(=O)O. The molecule has 3 aliphatic rings. The minimum Gasteiger partial charge on any atom is -0.375 e. The number of nitrogens with one attached hydrogen (secondary N) is 2. The number of carbonyl (C=O) groups is 1. The van der Waals surface area contributed by atoms with Crippen LogP contribution in [0.25, 0.3) is 0 Å². The Morgan fingerprint density at radius 3 is 2.56 bits per heavy atom. The lowest BCUT2D eigenvalue weighted by atomic mass is 9.98. The van der Waals surface area contributed by atoms with E-state index in [1.54, 1.807) is 37.3 Å². The standard InChI is InChI=1S/C19H21N5O6S2/c1-9-3-8-12-13(14(9)32(28,29)30)31-15(20-12)10-4-6-11(7-5-10)23-24-19(2)16(25)21-18(27)22-17(19)26/h3-7,12,16,18,21,25,27H,8H2,1-2H3,(H,22,26)(H,28,29,30). The largest absolute Gasteiger partial charge is 0.375 e. The van der Waals surface area contributed by atoms with Crippen LogP contribution in [0.1, 0.15) is 25.8 Å². The number of amides is 1. The second-order valence-corrected chi connectivity index (χ2v) is 10.1. The second kappa shape index (κ2) is 8.17. The summed E-state index contributed by atoms with van der Waals surface area (Å²) in [6.07, 6.45) is -0.500. The summed E-state index contributed by atoms with van der Waals surface area (Å²) < 4.78 is 33.3. The third-order valence-electron chi connectivity index (χ3n) is 5.33. The Kier molecular flexibility index (Phi) is 5.81. The van der Waals surface area contributed by atoms with Crippen molar-refractivity contribution in [2.75, 3.05) is 0 Å². The fourth-order valence-corrected chi connectivity index (χ4v) is 5.98. The molecular formula is C19H21N5O6S2. The lowest BCUT2D eigenvalue weighted by molar-refractivity contribution is -0.144.